The molecule has 29 heavy (non-hydrogen) atoms. The number of carbonyl (C=O) groups is 2. The van der Waals surface area contributed by atoms with Crippen LogP contribution in [-0.4, -0.2) is 22.6 Å². The molecule has 3 aromatic rings. The Balaban J connectivity index is 1.75. The van der Waals surface area contributed by atoms with Crippen LogP contribution in [0.5, 0.6) is 0 Å². The molecule has 2 aromatic carbocycles. The molecule has 0 aliphatic rings. The third-order valence-corrected chi connectivity index (χ3v) is 4.54. The summed E-state index contributed by atoms with van der Waals surface area (Å²) in [5.41, 5.74) is 8.87. The fourth-order valence-corrected chi connectivity index (χ4v) is 3.25. The Hall–Kier alpha value is -3.67. The maximum atomic E-state index is 12.3. The molecule has 3 rings (SSSR count). The molecule has 0 atom stereocenters. The number of nitrogens with one attached hydrogen (secondary N) is 2. The van der Waals surface area contributed by atoms with Crippen LogP contribution in [0.3, 0.4) is 0 Å². The highest BCUT2D eigenvalue weighted by Gasteiger charge is 2.10. The molecule has 0 bridgehead atoms. The van der Waals surface area contributed by atoms with Gasteiger partial charge in [-0.1, -0.05) is 18.2 Å². The van der Waals surface area contributed by atoms with E-state index in [1.54, 1.807) is 30.5 Å². The molecular formula is C23H24N4O2. The number of rotatable bonds is 5. The molecule has 2 N–H and O–H groups in total. The van der Waals surface area contributed by atoms with Gasteiger partial charge in [0, 0.05) is 40.8 Å². The van der Waals surface area contributed by atoms with Gasteiger partial charge < -0.3 is 9.88 Å². The van der Waals surface area contributed by atoms with E-state index in [1.807, 2.05) is 26.0 Å². The molecule has 1 heterocycles. The highest BCUT2D eigenvalue weighted by Crippen LogP contribution is 2.20. The summed E-state index contributed by atoms with van der Waals surface area (Å²) in [6, 6.07) is 17.0. The lowest BCUT2D eigenvalue weighted by Gasteiger charge is -2.10. The number of benzene rings is 2. The first-order valence-electron chi connectivity index (χ1n) is 9.32. The summed E-state index contributed by atoms with van der Waals surface area (Å²) in [7, 11) is 0. The molecule has 0 spiro atoms. The Morgan fingerprint density at radius 2 is 1.76 bits per heavy atom. The highest BCUT2D eigenvalue weighted by molar-refractivity contribution is 5.97. The Labute approximate surface area is 170 Å². The second kappa shape index (κ2) is 8.56. The summed E-state index contributed by atoms with van der Waals surface area (Å²) in [5, 5.41) is 6.77. The van der Waals surface area contributed by atoms with Gasteiger partial charge in [0.15, 0.2) is 0 Å². The number of hydrogen-bond donors (Lipinski definition) is 2. The Bertz CT molecular complexity index is 1100. The highest BCUT2D eigenvalue weighted by atomic mass is 16.2. The van der Waals surface area contributed by atoms with Crippen molar-refractivity contribution < 1.29 is 9.59 Å². The maximum absolute atomic E-state index is 12.3. The molecule has 0 fully saturated rings. The maximum Gasteiger partial charge on any atom is 0.271 e. The van der Waals surface area contributed by atoms with Gasteiger partial charge in [-0.25, -0.2) is 5.43 Å². The number of aryl methyl sites for hydroxylation is 2. The Morgan fingerprint density at radius 3 is 2.48 bits per heavy atom. The molecular weight excluding hydrogens is 364 g/mol. The summed E-state index contributed by atoms with van der Waals surface area (Å²) in [6.45, 7) is 7.55. The topological polar surface area (TPSA) is 75.5 Å². The molecule has 0 unspecified atom stereocenters. The van der Waals surface area contributed by atoms with Crippen molar-refractivity contribution in [1.29, 1.82) is 0 Å². The minimum absolute atomic E-state index is 0.190. The van der Waals surface area contributed by atoms with E-state index in [2.05, 4.69) is 45.5 Å². The zero-order valence-corrected chi connectivity index (χ0v) is 17.0. The Morgan fingerprint density at radius 1 is 1.00 bits per heavy atom. The van der Waals surface area contributed by atoms with Crippen molar-refractivity contribution in [2.24, 2.45) is 5.10 Å². The van der Waals surface area contributed by atoms with Crippen LogP contribution in [0.1, 0.15) is 39.8 Å². The number of hydrogen-bond acceptors (Lipinski definition) is 3. The molecule has 2 amide bonds. The van der Waals surface area contributed by atoms with E-state index in [1.165, 1.54) is 12.5 Å². The van der Waals surface area contributed by atoms with Gasteiger partial charge in [0.2, 0.25) is 5.91 Å². The Kier molecular flexibility index (Phi) is 5.93. The lowest BCUT2D eigenvalue weighted by atomic mass is 10.2. The van der Waals surface area contributed by atoms with Crippen molar-refractivity contribution in [3.63, 3.8) is 0 Å². The standard InChI is InChI=1S/C23H24N4O2/c1-15-7-5-10-22(11-15)27-16(2)12-20(17(27)3)14-24-26-23(29)19-8-6-9-21(13-19)25-18(4)28/h5-14H,1-4H3,(H,25,28)(H,26,29)/b24-14+. The van der Waals surface area contributed by atoms with Crippen molar-refractivity contribution in [2.45, 2.75) is 27.7 Å². The van der Waals surface area contributed by atoms with E-state index in [0.29, 0.717) is 11.3 Å². The van der Waals surface area contributed by atoms with Crippen LogP contribution in [-0.2, 0) is 4.79 Å². The van der Waals surface area contributed by atoms with Gasteiger partial charge in [0.05, 0.1) is 6.21 Å². The predicted octanol–water partition coefficient (Wildman–Crippen LogP) is 4.12. The SMILES string of the molecule is CC(=O)Nc1cccc(C(=O)N/N=C/c2cc(C)n(-c3cccc(C)c3)c2C)c1. The van der Waals surface area contributed by atoms with Gasteiger partial charge in [-0.05, 0) is 62.7 Å². The van der Waals surface area contributed by atoms with Crippen molar-refractivity contribution in [3.8, 4) is 5.69 Å². The van der Waals surface area contributed by atoms with E-state index >= 15 is 0 Å². The van der Waals surface area contributed by atoms with E-state index in [9.17, 15) is 9.59 Å². The predicted molar refractivity (Wildman–Crippen MR) is 116 cm³/mol. The molecule has 0 aliphatic heterocycles. The van der Waals surface area contributed by atoms with Crippen molar-refractivity contribution in [1.82, 2.24) is 9.99 Å². The largest absolute Gasteiger partial charge is 0.326 e. The molecule has 0 saturated carbocycles. The van der Waals surface area contributed by atoms with Gasteiger partial charge in [-0.3, -0.25) is 9.59 Å². The number of hydrazone groups is 1. The van der Waals surface area contributed by atoms with Crippen molar-refractivity contribution in [3.05, 3.63) is 82.7 Å². The summed E-state index contributed by atoms with van der Waals surface area (Å²) in [6.07, 6.45) is 1.64. The van der Waals surface area contributed by atoms with Gasteiger partial charge in [-0.15, -0.1) is 0 Å². The molecule has 0 radical (unpaired) electrons. The zero-order chi connectivity index (χ0) is 21.0. The van der Waals surface area contributed by atoms with E-state index in [-0.39, 0.29) is 11.8 Å². The van der Waals surface area contributed by atoms with E-state index < -0.39 is 0 Å². The van der Waals surface area contributed by atoms with Crippen LogP contribution in [0.25, 0.3) is 5.69 Å². The second-order valence-corrected chi connectivity index (χ2v) is 6.96. The summed E-state index contributed by atoms with van der Waals surface area (Å²) in [4.78, 5) is 23.5. The lowest BCUT2D eigenvalue weighted by Crippen LogP contribution is -2.18. The number of nitrogens with zero attached hydrogens (tertiary/aromatic N) is 2. The number of aromatic nitrogens is 1. The second-order valence-electron chi connectivity index (χ2n) is 6.96. The van der Waals surface area contributed by atoms with Crippen LogP contribution in [0, 0.1) is 20.8 Å². The smallest absolute Gasteiger partial charge is 0.271 e. The quantitative estimate of drug-likeness (QED) is 0.509. The van der Waals surface area contributed by atoms with E-state index in [0.717, 1.165) is 22.6 Å². The summed E-state index contributed by atoms with van der Waals surface area (Å²) >= 11 is 0. The number of carbonyl (C=O) groups excluding carboxylic acids is 2. The number of anilines is 1. The third-order valence-electron chi connectivity index (χ3n) is 4.54. The van der Waals surface area contributed by atoms with Crippen LogP contribution in [0.2, 0.25) is 0 Å². The van der Waals surface area contributed by atoms with Crippen LogP contribution < -0.4 is 10.7 Å². The van der Waals surface area contributed by atoms with Crippen LogP contribution in [0.4, 0.5) is 5.69 Å². The molecule has 1 aromatic heterocycles. The average molecular weight is 388 g/mol. The average Bonchev–Trinajstić information content (AvgIpc) is 2.95. The zero-order valence-electron chi connectivity index (χ0n) is 17.0. The molecule has 148 valence electrons. The minimum Gasteiger partial charge on any atom is -0.326 e. The van der Waals surface area contributed by atoms with Crippen molar-refractivity contribution in [2.75, 3.05) is 5.32 Å². The van der Waals surface area contributed by atoms with Gasteiger partial charge in [0.1, 0.15) is 0 Å². The molecule has 6 heteroatoms. The molecule has 0 saturated heterocycles. The third kappa shape index (κ3) is 4.79. The first kappa shape index (κ1) is 20.1. The van der Waals surface area contributed by atoms with Crippen LogP contribution >= 0.6 is 0 Å². The van der Waals surface area contributed by atoms with Gasteiger partial charge in [-0.2, -0.15) is 5.10 Å². The minimum atomic E-state index is -0.346. The first-order valence-corrected chi connectivity index (χ1v) is 9.32. The molecule has 0 aliphatic carbocycles. The van der Waals surface area contributed by atoms with Crippen molar-refractivity contribution >= 4 is 23.7 Å². The summed E-state index contributed by atoms with van der Waals surface area (Å²) in [5.74, 6) is -0.537. The normalized spacial score (nSPS) is 10.9. The monoisotopic (exact) mass is 388 g/mol. The fraction of sp³-hybridized carbons (Fsp3) is 0.174. The van der Waals surface area contributed by atoms with E-state index in [4.69, 9.17) is 0 Å². The first-order chi connectivity index (χ1) is 13.8. The number of amides is 2. The van der Waals surface area contributed by atoms with Gasteiger partial charge in [0.25, 0.3) is 5.91 Å². The lowest BCUT2D eigenvalue weighted by molar-refractivity contribution is -0.114. The fourth-order valence-electron chi connectivity index (χ4n) is 3.25. The molecule has 6 nitrogen and oxygen atoms in total. The van der Waals surface area contributed by atoms with Gasteiger partial charge >= 0.3 is 0 Å². The summed E-state index contributed by atoms with van der Waals surface area (Å²) < 4.78 is 2.16. The van der Waals surface area contributed by atoms with Crippen LogP contribution in [0.15, 0.2) is 59.7 Å².